The SMILES string of the molecule is C=Nc1c(/C(N)=N\C)c(=O)ccn1C(C)c1cc(Cl)c(C)c(-c2ccc(C(=O)N(C)C)nc2)c1OCC. The molecule has 0 aliphatic heterocycles. The number of nitrogens with two attached hydrogens (primary N) is 1. The third kappa shape index (κ3) is 5.27. The Hall–Kier alpha value is -3.98. The number of amidine groups is 1. The van der Waals surface area contributed by atoms with E-state index in [2.05, 4.69) is 21.7 Å². The minimum Gasteiger partial charge on any atom is -0.493 e. The second-order valence-corrected chi connectivity index (χ2v) is 8.98. The van der Waals surface area contributed by atoms with Crippen molar-refractivity contribution < 1.29 is 9.53 Å². The zero-order valence-corrected chi connectivity index (χ0v) is 22.6. The van der Waals surface area contributed by atoms with Crippen LogP contribution in [-0.4, -0.2) is 60.7 Å². The number of rotatable bonds is 8. The fraction of sp³-hybridized carbons (Fsp3) is 0.296. The summed E-state index contributed by atoms with van der Waals surface area (Å²) in [5.41, 5.74) is 9.29. The first-order chi connectivity index (χ1) is 17.6. The van der Waals surface area contributed by atoms with Crippen molar-refractivity contribution in [2.45, 2.75) is 26.8 Å². The number of hydrogen-bond acceptors (Lipinski definition) is 6. The van der Waals surface area contributed by atoms with Crippen LogP contribution in [0.2, 0.25) is 5.02 Å². The summed E-state index contributed by atoms with van der Waals surface area (Å²) >= 11 is 6.73. The molecule has 1 atom stereocenters. The van der Waals surface area contributed by atoms with Crippen LogP contribution in [0.4, 0.5) is 5.82 Å². The van der Waals surface area contributed by atoms with Crippen LogP contribution in [0.15, 0.2) is 51.4 Å². The van der Waals surface area contributed by atoms with Crippen molar-refractivity contribution in [2.75, 3.05) is 27.7 Å². The summed E-state index contributed by atoms with van der Waals surface area (Å²) in [6.45, 7) is 9.79. The van der Waals surface area contributed by atoms with Crippen LogP contribution < -0.4 is 15.9 Å². The maximum absolute atomic E-state index is 12.6. The first-order valence-corrected chi connectivity index (χ1v) is 12.0. The molecule has 0 saturated carbocycles. The Balaban J connectivity index is 2.28. The number of hydrogen-bond donors (Lipinski definition) is 1. The number of pyridine rings is 2. The molecular formula is C27H31ClN6O3. The molecule has 0 aliphatic rings. The quantitative estimate of drug-likeness (QED) is 0.351. The van der Waals surface area contributed by atoms with E-state index in [9.17, 15) is 9.59 Å². The molecule has 3 rings (SSSR count). The zero-order chi connectivity index (χ0) is 27.4. The molecule has 0 aliphatic carbocycles. The average Bonchev–Trinajstić information content (AvgIpc) is 2.89. The molecule has 9 nitrogen and oxygen atoms in total. The smallest absolute Gasteiger partial charge is 0.271 e. The lowest BCUT2D eigenvalue weighted by Gasteiger charge is -2.26. The van der Waals surface area contributed by atoms with Crippen LogP contribution in [0.1, 0.15) is 47.1 Å². The highest BCUT2D eigenvalue weighted by Gasteiger charge is 2.25. The van der Waals surface area contributed by atoms with E-state index >= 15 is 0 Å². The van der Waals surface area contributed by atoms with Crippen molar-refractivity contribution in [3.63, 3.8) is 0 Å². The number of nitrogens with zero attached hydrogens (tertiary/aromatic N) is 5. The number of benzene rings is 1. The Morgan fingerprint density at radius 2 is 2.03 bits per heavy atom. The molecule has 1 amide bonds. The summed E-state index contributed by atoms with van der Waals surface area (Å²) in [5, 5.41) is 0.526. The Kier molecular flexibility index (Phi) is 8.49. The predicted octanol–water partition coefficient (Wildman–Crippen LogP) is 4.25. The van der Waals surface area contributed by atoms with Gasteiger partial charge in [0.05, 0.1) is 12.6 Å². The molecular weight excluding hydrogens is 492 g/mol. The van der Waals surface area contributed by atoms with E-state index in [4.69, 9.17) is 22.1 Å². The standard InChI is InChI=1S/C27H31ClN6O3/c1-8-37-24-18(16(3)34-12-11-21(35)23(25(29)30-4)26(34)31-5)13-19(28)15(2)22(24)17-9-10-20(32-14-17)27(36)33(6)7/h9-14,16H,5,8H2,1-4,6-7H3,(H2,29,30). The Labute approximate surface area is 221 Å². The molecule has 10 heteroatoms. The molecule has 37 heavy (non-hydrogen) atoms. The lowest BCUT2D eigenvalue weighted by Crippen LogP contribution is -2.25. The summed E-state index contributed by atoms with van der Waals surface area (Å²) in [5.74, 6) is 0.775. The molecule has 0 radical (unpaired) electrons. The molecule has 0 bridgehead atoms. The highest BCUT2D eigenvalue weighted by atomic mass is 35.5. The molecule has 0 fully saturated rings. The lowest BCUT2D eigenvalue weighted by atomic mass is 9.94. The minimum absolute atomic E-state index is 0.0695. The van der Waals surface area contributed by atoms with E-state index in [1.807, 2.05) is 32.9 Å². The van der Waals surface area contributed by atoms with Crippen molar-refractivity contribution in [3.8, 4) is 16.9 Å². The molecule has 0 spiro atoms. The number of aliphatic imine (C=N–C) groups is 2. The molecule has 2 aromatic heterocycles. The van der Waals surface area contributed by atoms with Gasteiger partial charge in [-0.05, 0) is 45.2 Å². The number of halogens is 1. The van der Waals surface area contributed by atoms with Crippen molar-refractivity contribution >= 4 is 35.9 Å². The summed E-state index contributed by atoms with van der Waals surface area (Å²) < 4.78 is 7.97. The van der Waals surface area contributed by atoms with E-state index in [1.54, 1.807) is 37.1 Å². The van der Waals surface area contributed by atoms with Crippen molar-refractivity contribution in [1.82, 2.24) is 14.5 Å². The van der Waals surface area contributed by atoms with Gasteiger partial charge in [-0.1, -0.05) is 17.7 Å². The first kappa shape index (κ1) is 27.6. The highest BCUT2D eigenvalue weighted by Crippen LogP contribution is 2.43. The van der Waals surface area contributed by atoms with E-state index in [0.29, 0.717) is 23.1 Å². The van der Waals surface area contributed by atoms with E-state index < -0.39 is 0 Å². The third-order valence-electron chi connectivity index (χ3n) is 6.09. The van der Waals surface area contributed by atoms with Crippen LogP contribution >= 0.6 is 11.6 Å². The molecule has 2 N–H and O–H groups in total. The van der Waals surface area contributed by atoms with Gasteiger partial charge in [0.2, 0.25) is 0 Å². The van der Waals surface area contributed by atoms with Crippen molar-refractivity contribution in [1.29, 1.82) is 0 Å². The van der Waals surface area contributed by atoms with Gasteiger partial charge in [0.1, 0.15) is 28.7 Å². The Bertz CT molecular complexity index is 1430. The fourth-order valence-corrected chi connectivity index (χ4v) is 4.33. The Morgan fingerprint density at radius 1 is 1.32 bits per heavy atom. The second-order valence-electron chi connectivity index (χ2n) is 8.57. The third-order valence-corrected chi connectivity index (χ3v) is 6.48. The number of ether oxygens (including phenoxy) is 1. The fourth-order valence-electron chi connectivity index (χ4n) is 4.12. The largest absolute Gasteiger partial charge is 0.493 e. The Morgan fingerprint density at radius 3 is 2.57 bits per heavy atom. The van der Waals surface area contributed by atoms with Gasteiger partial charge in [-0.15, -0.1) is 0 Å². The van der Waals surface area contributed by atoms with E-state index in [1.165, 1.54) is 18.0 Å². The zero-order valence-electron chi connectivity index (χ0n) is 21.9. The van der Waals surface area contributed by atoms with Gasteiger partial charge in [0.15, 0.2) is 5.43 Å². The number of amides is 1. The molecule has 2 heterocycles. The molecule has 0 saturated heterocycles. The summed E-state index contributed by atoms with van der Waals surface area (Å²) in [6.07, 6.45) is 3.27. The van der Waals surface area contributed by atoms with Gasteiger partial charge in [-0.3, -0.25) is 19.6 Å². The number of aromatic nitrogens is 2. The monoisotopic (exact) mass is 522 g/mol. The number of carbonyl (C=O) groups excluding carboxylic acids is 1. The summed E-state index contributed by atoms with van der Waals surface area (Å²) in [4.78, 5) is 38.9. The number of carbonyl (C=O) groups is 1. The van der Waals surface area contributed by atoms with Crippen molar-refractivity contribution in [3.05, 3.63) is 74.3 Å². The second kappa shape index (κ2) is 11.4. The highest BCUT2D eigenvalue weighted by molar-refractivity contribution is 6.32. The van der Waals surface area contributed by atoms with Gasteiger partial charge in [0, 0.05) is 61.3 Å². The normalized spacial score (nSPS) is 12.2. The van der Waals surface area contributed by atoms with Crippen molar-refractivity contribution in [2.24, 2.45) is 15.7 Å². The first-order valence-electron chi connectivity index (χ1n) is 11.7. The summed E-state index contributed by atoms with van der Waals surface area (Å²) in [7, 11) is 4.86. The summed E-state index contributed by atoms with van der Waals surface area (Å²) in [6, 6.07) is 6.38. The van der Waals surface area contributed by atoms with Gasteiger partial charge in [-0.2, -0.15) is 0 Å². The maximum atomic E-state index is 12.6. The molecule has 1 unspecified atom stereocenters. The lowest BCUT2D eigenvalue weighted by molar-refractivity contribution is 0.0822. The van der Waals surface area contributed by atoms with E-state index in [-0.39, 0.29) is 34.6 Å². The van der Waals surface area contributed by atoms with Crippen LogP contribution in [0.25, 0.3) is 11.1 Å². The average molecular weight is 523 g/mol. The van der Waals surface area contributed by atoms with E-state index in [0.717, 1.165) is 22.3 Å². The van der Waals surface area contributed by atoms with Gasteiger partial charge < -0.3 is 19.9 Å². The van der Waals surface area contributed by atoms with Gasteiger partial charge in [-0.25, -0.2) is 4.99 Å². The molecule has 194 valence electrons. The topological polar surface area (TPSA) is 115 Å². The molecule has 3 aromatic rings. The molecule has 1 aromatic carbocycles. The van der Waals surface area contributed by atoms with Crippen LogP contribution in [0.5, 0.6) is 5.75 Å². The van der Waals surface area contributed by atoms with Crippen LogP contribution in [0.3, 0.4) is 0 Å². The maximum Gasteiger partial charge on any atom is 0.271 e. The van der Waals surface area contributed by atoms with Gasteiger partial charge >= 0.3 is 0 Å². The van der Waals surface area contributed by atoms with Crippen LogP contribution in [-0.2, 0) is 0 Å². The predicted molar refractivity (Wildman–Crippen MR) is 149 cm³/mol. The van der Waals surface area contributed by atoms with Gasteiger partial charge in [0.25, 0.3) is 5.91 Å². The minimum atomic E-state index is -0.384. The van der Waals surface area contributed by atoms with Crippen LogP contribution in [0, 0.1) is 6.92 Å².